The SMILES string of the molecule is Cc1cc(C)c(NC(=O)CNC(=O)Nc2ccccc2F)c(C)c1. The number of halogens is 1. The minimum absolute atomic E-state index is 0.0561. The molecule has 0 atom stereocenters. The molecule has 0 aromatic heterocycles. The Labute approximate surface area is 140 Å². The van der Waals surface area contributed by atoms with Crippen molar-refractivity contribution >= 4 is 23.3 Å². The van der Waals surface area contributed by atoms with Gasteiger partial charge in [-0.2, -0.15) is 0 Å². The van der Waals surface area contributed by atoms with Gasteiger partial charge in [-0.05, 0) is 44.0 Å². The topological polar surface area (TPSA) is 70.2 Å². The van der Waals surface area contributed by atoms with E-state index < -0.39 is 11.8 Å². The zero-order valence-corrected chi connectivity index (χ0v) is 13.9. The Morgan fingerprint density at radius 3 is 2.25 bits per heavy atom. The van der Waals surface area contributed by atoms with Gasteiger partial charge >= 0.3 is 6.03 Å². The molecule has 2 aromatic carbocycles. The first-order valence-corrected chi connectivity index (χ1v) is 7.54. The van der Waals surface area contributed by atoms with Crippen LogP contribution in [-0.2, 0) is 4.79 Å². The van der Waals surface area contributed by atoms with Gasteiger partial charge in [-0.3, -0.25) is 4.79 Å². The number of urea groups is 1. The molecule has 126 valence electrons. The van der Waals surface area contributed by atoms with E-state index in [0.29, 0.717) is 0 Å². The van der Waals surface area contributed by atoms with E-state index in [1.165, 1.54) is 18.2 Å². The lowest BCUT2D eigenvalue weighted by Gasteiger charge is -2.13. The van der Waals surface area contributed by atoms with Gasteiger partial charge in [0, 0.05) is 5.69 Å². The number of benzene rings is 2. The van der Waals surface area contributed by atoms with Gasteiger partial charge in [0.15, 0.2) is 0 Å². The summed E-state index contributed by atoms with van der Waals surface area (Å²) in [4.78, 5) is 23.7. The summed E-state index contributed by atoms with van der Waals surface area (Å²) >= 11 is 0. The van der Waals surface area contributed by atoms with E-state index in [1.807, 2.05) is 32.9 Å². The maximum absolute atomic E-state index is 13.4. The number of nitrogens with one attached hydrogen (secondary N) is 3. The van der Waals surface area contributed by atoms with Crippen LogP contribution in [0, 0.1) is 26.6 Å². The minimum Gasteiger partial charge on any atom is -0.329 e. The third-order valence-corrected chi connectivity index (χ3v) is 3.47. The molecule has 0 saturated carbocycles. The van der Waals surface area contributed by atoms with Crippen LogP contribution in [0.3, 0.4) is 0 Å². The summed E-state index contributed by atoms with van der Waals surface area (Å²) < 4.78 is 13.4. The van der Waals surface area contributed by atoms with Gasteiger partial charge in [0.2, 0.25) is 5.91 Å². The lowest BCUT2D eigenvalue weighted by atomic mass is 10.1. The van der Waals surface area contributed by atoms with Crippen LogP contribution in [0.2, 0.25) is 0 Å². The molecule has 2 aromatic rings. The number of hydrogen-bond acceptors (Lipinski definition) is 2. The molecule has 0 aliphatic heterocycles. The summed E-state index contributed by atoms with van der Waals surface area (Å²) in [6.07, 6.45) is 0. The number of hydrogen-bond donors (Lipinski definition) is 3. The standard InChI is InChI=1S/C18H20FN3O2/c1-11-8-12(2)17(13(3)9-11)22-16(23)10-20-18(24)21-15-7-5-4-6-14(15)19/h4-9H,10H2,1-3H3,(H,22,23)(H2,20,21,24). The molecule has 0 spiro atoms. The van der Waals surface area contributed by atoms with E-state index >= 15 is 0 Å². The van der Waals surface area contributed by atoms with Crippen LogP contribution in [0.1, 0.15) is 16.7 Å². The Morgan fingerprint density at radius 2 is 1.62 bits per heavy atom. The fourth-order valence-electron chi connectivity index (χ4n) is 2.45. The van der Waals surface area contributed by atoms with Crippen LogP contribution >= 0.6 is 0 Å². The van der Waals surface area contributed by atoms with E-state index in [2.05, 4.69) is 16.0 Å². The zero-order chi connectivity index (χ0) is 17.7. The molecule has 3 N–H and O–H groups in total. The number of carbonyl (C=O) groups is 2. The smallest absolute Gasteiger partial charge is 0.319 e. The second-order valence-electron chi connectivity index (χ2n) is 5.61. The van der Waals surface area contributed by atoms with Crippen LogP contribution in [0.5, 0.6) is 0 Å². The second-order valence-corrected chi connectivity index (χ2v) is 5.61. The number of aryl methyl sites for hydroxylation is 3. The molecular weight excluding hydrogens is 309 g/mol. The van der Waals surface area contributed by atoms with Crippen molar-refractivity contribution in [3.8, 4) is 0 Å². The van der Waals surface area contributed by atoms with Crippen LogP contribution in [0.4, 0.5) is 20.6 Å². The van der Waals surface area contributed by atoms with Gasteiger partial charge < -0.3 is 16.0 Å². The van der Waals surface area contributed by atoms with Crippen molar-refractivity contribution in [3.05, 3.63) is 58.9 Å². The third kappa shape index (κ3) is 4.55. The fourth-order valence-corrected chi connectivity index (χ4v) is 2.45. The number of carbonyl (C=O) groups excluding carboxylic acids is 2. The average molecular weight is 329 g/mol. The number of para-hydroxylation sites is 1. The molecule has 2 rings (SSSR count). The summed E-state index contributed by atoms with van der Waals surface area (Å²) in [7, 11) is 0. The molecule has 0 unspecified atom stereocenters. The molecule has 0 bridgehead atoms. The molecule has 0 saturated heterocycles. The first kappa shape index (κ1) is 17.5. The van der Waals surface area contributed by atoms with Gasteiger partial charge in [-0.1, -0.05) is 29.8 Å². The molecule has 6 heteroatoms. The van der Waals surface area contributed by atoms with E-state index in [4.69, 9.17) is 0 Å². The molecule has 0 radical (unpaired) electrons. The van der Waals surface area contributed by atoms with Gasteiger partial charge in [-0.15, -0.1) is 0 Å². The minimum atomic E-state index is -0.646. The highest BCUT2D eigenvalue weighted by Gasteiger charge is 2.10. The Bertz CT molecular complexity index is 752. The molecule has 0 aliphatic carbocycles. The molecule has 5 nitrogen and oxygen atoms in total. The largest absolute Gasteiger partial charge is 0.329 e. The molecule has 24 heavy (non-hydrogen) atoms. The van der Waals surface area contributed by atoms with Crippen molar-refractivity contribution < 1.29 is 14.0 Å². The number of amides is 3. The van der Waals surface area contributed by atoms with Gasteiger partial charge in [0.05, 0.1) is 12.2 Å². The Hall–Kier alpha value is -2.89. The van der Waals surface area contributed by atoms with Gasteiger partial charge in [0.25, 0.3) is 0 Å². The number of anilines is 2. The highest BCUT2D eigenvalue weighted by atomic mass is 19.1. The first-order valence-electron chi connectivity index (χ1n) is 7.54. The third-order valence-electron chi connectivity index (χ3n) is 3.47. The van der Waals surface area contributed by atoms with Crippen molar-refractivity contribution in [2.45, 2.75) is 20.8 Å². The summed E-state index contributed by atoms with van der Waals surface area (Å²) in [5.41, 5.74) is 3.82. The normalized spacial score (nSPS) is 10.2. The molecule has 0 heterocycles. The van der Waals surface area contributed by atoms with E-state index in [9.17, 15) is 14.0 Å². The molecular formula is C18H20FN3O2. The zero-order valence-electron chi connectivity index (χ0n) is 13.9. The quantitative estimate of drug-likeness (QED) is 0.803. The maximum atomic E-state index is 13.4. The lowest BCUT2D eigenvalue weighted by Crippen LogP contribution is -2.36. The number of rotatable bonds is 4. The summed E-state index contributed by atoms with van der Waals surface area (Å²) in [6.45, 7) is 5.59. The Balaban J connectivity index is 1.90. The van der Waals surface area contributed by atoms with Crippen molar-refractivity contribution in [3.63, 3.8) is 0 Å². The summed E-state index contributed by atoms with van der Waals surface area (Å²) in [5.74, 6) is -0.892. The first-order chi connectivity index (χ1) is 11.4. The maximum Gasteiger partial charge on any atom is 0.319 e. The van der Waals surface area contributed by atoms with Gasteiger partial charge in [-0.25, -0.2) is 9.18 Å². The van der Waals surface area contributed by atoms with Crippen molar-refractivity contribution in [2.24, 2.45) is 0 Å². The predicted molar refractivity (Wildman–Crippen MR) is 92.7 cm³/mol. The highest BCUT2D eigenvalue weighted by Crippen LogP contribution is 2.21. The van der Waals surface area contributed by atoms with Crippen molar-refractivity contribution in [1.29, 1.82) is 0 Å². The highest BCUT2D eigenvalue weighted by molar-refractivity contribution is 5.97. The van der Waals surface area contributed by atoms with Crippen LogP contribution in [0.15, 0.2) is 36.4 Å². The second kappa shape index (κ2) is 7.59. The Morgan fingerprint density at radius 1 is 1.00 bits per heavy atom. The van der Waals surface area contributed by atoms with E-state index in [0.717, 1.165) is 22.4 Å². The van der Waals surface area contributed by atoms with E-state index in [1.54, 1.807) is 6.07 Å². The van der Waals surface area contributed by atoms with Crippen molar-refractivity contribution in [1.82, 2.24) is 5.32 Å². The fraction of sp³-hybridized carbons (Fsp3) is 0.222. The summed E-state index contributed by atoms with van der Waals surface area (Å²) in [6, 6.07) is 9.11. The molecule has 0 fully saturated rings. The molecule has 3 amide bonds. The molecule has 0 aliphatic rings. The van der Waals surface area contributed by atoms with Crippen LogP contribution < -0.4 is 16.0 Å². The van der Waals surface area contributed by atoms with E-state index in [-0.39, 0.29) is 18.1 Å². The monoisotopic (exact) mass is 329 g/mol. The summed E-state index contributed by atoms with van der Waals surface area (Å²) in [5, 5.41) is 7.54. The van der Waals surface area contributed by atoms with Crippen LogP contribution in [-0.4, -0.2) is 18.5 Å². The lowest BCUT2D eigenvalue weighted by molar-refractivity contribution is -0.115. The van der Waals surface area contributed by atoms with Gasteiger partial charge in [0.1, 0.15) is 5.82 Å². The predicted octanol–water partition coefficient (Wildman–Crippen LogP) is 3.51. The average Bonchev–Trinajstić information content (AvgIpc) is 2.51. The van der Waals surface area contributed by atoms with Crippen LogP contribution in [0.25, 0.3) is 0 Å². The van der Waals surface area contributed by atoms with Crippen molar-refractivity contribution in [2.75, 3.05) is 17.2 Å². The Kier molecular flexibility index (Phi) is 5.52.